The van der Waals surface area contributed by atoms with Gasteiger partial charge in [-0.05, 0) is 38.9 Å². The van der Waals surface area contributed by atoms with Gasteiger partial charge in [0.1, 0.15) is 5.69 Å². The summed E-state index contributed by atoms with van der Waals surface area (Å²) in [5.74, 6) is 0.771. The second kappa shape index (κ2) is 5.44. The van der Waals surface area contributed by atoms with Gasteiger partial charge in [-0.25, -0.2) is 0 Å². The Kier molecular flexibility index (Phi) is 3.91. The number of likely N-dealkylation sites (tertiary alicyclic amines) is 1. The molecule has 2 heterocycles. The Bertz CT molecular complexity index is 405. The summed E-state index contributed by atoms with van der Waals surface area (Å²) in [5.41, 5.74) is 6.82. The molecule has 1 fully saturated rings. The van der Waals surface area contributed by atoms with E-state index in [0.29, 0.717) is 17.3 Å². The number of hydrogen-bond acceptors (Lipinski definition) is 3. The van der Waals surface area contributed by atoms with Crippen LogP contribution in [-0.4, -0.2) is 54.4 Å². The Morgan fingerprint density at radius 3 is 2.67 bits per heavy atom. The molecule has 0 saturated carbocycles. The summed E-state index contributed by atoms with van der Waals surface area (Å²) in [4.78, 5) is 19.2. The van der Waals surface area contributed by atoms with Crippen molar-refractivity contribution in [2.24, 2.45) is 5.92 Å². The first-order valence-corrected chi connectivity index (χ1v) is 6.44. The Hall–Kier alpha value is -1.49. The van der Waals surface area contributed by atoms with Gasteiger partial charge in [-0.3, -0.25) is 4.79 Å². The molecule has 1 aromatic heterocycles. The first kappa shape index (κ1) is 13.0. The molecule has 0 aliphatic carbocycles. The fourth-order valence-corrected chi connectivity index (χ4v) is 2.54. The highest BCUT2D eigenvalue weighted by atomic mass is 16.2. The summed E-state index contributed by atoms with van der Waals surface area (Å²) in [5, 5.41) is 0. The molecule has 0 spiro atoms. The molecule has 0 aromatic carbocycles. The van der Waals surface area contributed by atoms with Crippen molar-refractivity contribution < 1.29 is 4.79 Å². The van der Waals surface area contributed by atoms with Gasteiger partial charge in [-0.15, -0.1) is 0 Å². The summed E-state index contributed by atoms with van der Waals surface area (Å²) in [6.45, 7) is 2.80. The second-order valence-electron chi connectivity index (χ2n) is 5.34. The molecule has 0 bridgehead atoms. The van der Waals surface area contributed by atoms with Crippen LogP contribution in [0.3, 0.4) is 0 Å². The van der Waals surface area contributed by atoms with E-state index in [1.165, 1.54) is 0 Å². The number of aromatic nitrogens is 1. The third-order valence-corrected chi connectivity index (χ3v) is 3.46. The fraction of sp³-hybridized carbons (Fsp3) is 0.615. The predicted molar refractivity (Wildman–Crippen MR) is 72.4 cm³/mol. The zero-order valence-corrected chi connectivity index (χ0v) is 11.1. The van der Waals surface area contributed by atoms with E-state index >= 15 is 0 Å². The first-order chi connectivity index (χ1) is 8.56. The largest absolute Gasteiger partial charge is 0.397 e. The maximum atomic E-state index is 12.2. The lowest BCUT2D eigenvalue weighted by Gasteiger charge is -2.33. The van der Waals surface area contributed by atoms with Gasteiger partial charge in [0, 0.05) is 31.5 Å². The van der Waals surface area contributed by atoms with Crippen LogP contribution in [0.25, 0.3) is 0 Å². The third kappa shape index (κ3) is 3.04. The van der Waals surface area contributed by atoms with Crippen molar-refractivity contribution in [3.63, 3.8) is 0 Å². The number of carbonyl (C=O) groups excluding carboxylic acids is 1. The molecule has 5 heteroatoms. The lowest BCUT2D eigenvalue weighted by Crippen LogP contribution is -2.40. The molecule has 1 aliphatic rings. The lowest BCUT2D eigenvalue weighted by atomic mass is 9.96. The molecule has 0 radical (unpaired) electrons. The van der Waals surface area contributed by atoms with Crippen LogP contribution in [-0.2, 0) is 0 Å². The molecule has 100 valence electrons. The number of amides is 1. The first-order valence-electron chi connectivity index (χ1n) is 6.44. The van der Waals surface area contributed by atoms with Gasteiger partial charge in [-0.1, -0.05) is 0 Å². The fourth-order valence-electron chi connectivity index (χ4n) is 2.54. The van der Waals surface area contributed by atoms with Crippen LogP contribution in [0.1, 0.15) is 23.3 Å². The number of carbonyl (C=O) groups is 1. The summed E-state index contributed by atoms with van der Waals surface area (Å²) in [7, 11) is 4.19. The number of anilines is 1. The van der Waals surface area contributed by atoms with Crippen molar-refractivity contribution >= 4 is 11.6 Å². The van der Waals surface area contributed by atoms with Crippen molar-refractivity contribution in [3.05, 3.63) is 18.0 Å². The molecule has 0 atom stereocenters. The number of rotatable bonds is 3. The van der Waals surface area contributed by atoms with Crippen LogP contribution in [0.15, 0.2) is 12.3 Å². The van der Waals surface area contributed by atoms with E-state index in [9.17, 15) is 4.79 Å². The number of nitrogens with two attached hydrogens (primary N) is 1. The number of piperidine rings is 1. The number of aromatic amines is 1. The zero-order chi connectivity index (χ0) is 13.1. The van der Waals surface area contributed by atoms with E-state index in [0.717, 1.165) is 32.5 Å². The van der Waals surface area contributed by atoms with Crippen LogP contribution in [0, 0.1) is 5.92 Å². The SMILES string of the molecule is CN(C)CC1CCN(C(=O)c2cc(N)c[nH]2)CC1. The van der Waals surface area contributed by atoms with Crippen LogP contribution >= 0.6 is 0 Å². The minimum absolute atomic E-state index is 0.0648. The average molecular weight is 250 g/mol. The zero-order valence-electron chi connectivity index (χ0n) is 11.1. The summed E-state index contributed by atoms with van der Waals surface area (Å²) >= 11 is 0. The van der Waals surface area contributed by atoms with E-state index in [1.807, 2.05) is 4.90 Å². The minimum atomic E-state index is 0.0648. The van der Waals surface area contributed by atoms with Crippen LogP contribution in [0.4, 0.5) is 5.69 Å². The Morgan fingerprint density at radius 1 is 1.50 bits per heavy atom. The summed E-state index contributed by atoms with van der Waals surface area (Å²) in [6, 6.07) is 1.70. The summed E-state index contributed by atoms with van der Waals surface area (Å²) < 4.78 is 0. The molecule has 3 N–H and O–H groups in total. The van der Waals surface area contributed by atoms with Gasteiger partial charge in [0.05, 0.1) is 0 Å². The average Bonchev–Trinajstić information content (AvgIpc) is 2.75. The van der Waals surface area contributed by atoms with Gasteiger partial charge < -0.3 is 20.5 Å². The molecule has 0 unspecified atom stereocenters. The molecule has 1 aliphatic heterocycles. The molecule has 1 saturated heterocycles. The highest BCUT2D eigenvalue weighted by Gasteiger charge is 2.24. The Balaban J connectivity index is 1.88. The summed E-state index contributed by atoms with van der Waals surface area (Å²) in [6.07, 6.45) is 3.83. The van der Waals surface area contributed by atoms with Crippen LogP contribution < -0.4 is 5.73 Å². The number of hydrogen-bond donors (Lipinski definition) is 2. The van der Waals surface area contributed by atoms with Crippen molar-refractivity contribution in [1.29, 1.82) is 0 Å². The quantitative estimate of drug-likeness (QED) is 0.841. The van der Waals surface area contributed by atoms with Gasteiger partial charge >= 0.3 is 0 Å². The normalized spacial score (nSPS) is 17.4. The Morgan fingerprint density at radius 2 is 2.17 bits per heavy atom. The molecule has 2 rings (SSSR count). The van der Waals surface area contributed by atoms with Gasteiger partial charge in [-0.2, -0.15) is 0 Å². The maximum Gasteiger partial charge on any atom is 0.270 e. The van der Waals surface area contributed by atoms with Gasteiger partial charge in [0.15, 0.2) is 0 Å². The van der Waals surface area contributed by atoms with Crippen LogP contribution in [0.5, 0.6) is 0 Å². The molecular weight excluding hydrogens is 228 g/mol. The molecule has 5 nitrogen and oxygen atoms in total. The van der Waals surface area contributed by atoms with Crippen molar-refractivity contribution in [1.82, 2.24) is 14.8 Å². The lowest BCUT2D eigenvalue weighted by molar-refractivity contribution is 0.0673. The van der Waals surface area contributed by atoms with Crippen molar-refractivity contribution in [3.8, 4) is 0 Å². The third-order valence-electron chi connectivity index (χ3n) is 3.46. The van der Waals surface area contributed by atoms with E-state index < -0.39 is 0 Å². The molecule has 18 heavy (non-hydrogen) atoms. The number of H-pyrrole nitrogens is 1. The second-order valence-corrected chi connectivity index (χ2v) is 5.34. The minimum Gasteiger partial charge on any atom is -0.397 e. The maximum absolute atomic E-state index is 12.2. The van der Waals surface area contributed by atoms with E-state index in [-0.39, 0.29) is 5.91 Å². The van der Waals surface area contributed by atoms with Gasteiger partial charge in [0.2, 0.25) is 0 Å². The van der Waals surface area contributed by atoms with Gasteiger partial charge in [0.25, 0.3) is 5.91 Å². The van der Waals surface area contributed by atoms with E-state index in [1.54, 1.807) is 12.3 Å². The highest BCUT2D eigenvalue weighted by molar-refractivity contribution is 5.93. The van der Waals surface area contributed by atoms with E-state index in [4.69, 9.17) is 5.73 Å². The topological polar surface area (TPSA) is 65.4 Å². The smallest absolute Gasteiger partial charge is 0.270 e. The predicted octanol–water partition coefficient (Wildman–Crippen LogP) is 1.01. The van der Waals surface area contributed by atoms with Crippen molar-refractivity contribution in [2.45, 2.75) is 12.8 Å². The number of nitrogens with zero attached hydrogens (tertiary/aromatic N) is 2. The highest BCUT2D eigenvalue weighted by Crippen LogP contribution is 2.19. The molecule has 1 aromatic rings. The van der Waals surface area contributed by atoms with E-state index in [2.05, 4.69) is 24.0 Å². The molecule has 1 amide bonds. The Labute approximate surface area is 108 Å². The van der Waals surface area contributed by atoms with Crippen molar-refractivity contribution in [2.75, 3.05) is 39.5 Å². The standard InChI is InChI=1S/C13H22N4O/c1-16(2)9-10-3-5-17(6-4-10)13(18)12-7-11(14)8-15-12/h7-8,10,15H,3-6,9,14H2,1-2H3. The van der Waals surface area contributed by atoms with Crippen LogP contribution in [0.2, 0.25) is 0 Å². The number of nitrogens with one attached hydrogen (secondary N) is 1. The monoisotopic (exact) mass is 250 g/mol. The number of nitrogen functional groups attached to an aromatic ring is 1. The molecular formula is C13H22N4O.